The van der Waals surface area contributed by atoms with Crippen LogP contribution in [0.3, 0.4) is 0 Å². The van der Waals surface area contributed by atoms with Crippen molar-refractivity contribution in [2.24, 2.45) is 0 Å². The Morgan fingerprint density at radius 3 is 2.29 bits per heavy atom. The minimum absolute atomic E-state index is 0.941. The van der Waals surface area contributed by atoms with Crippen LogP contribution in [0.4, 0.5) is 0 Å². The Bertz CT molecular complexity index is 735. The second kappa shape index (κ2) is 3.70. The monoisotopic (exact) mass is 240 g/mol. The number of hydrogen-bond donors (Lipinski definition) is 1. The molecule has 0 aliphatic carbocycles. The number of nitrogens with zero attached hydrogens (tertiary/aromatic N) is 2. The molecule has 0 saturated carbocycles. The van der Waals surface area contributed by atoms with Crippen LogP contribution in [0.25, 0.3) is 21.8 Å². The predicted octanol–water partition coefficient (Wildman–Crippen LogP) is 3.69. The summed E-state index contributed by atoms with van der Waals surface area (Å²) in [5.41, 5.74) is 3.91. The average Bonchev–Trinajstić information content (AvgIpc) is 2.30. The molecule has 2 nitrogen and oxygen atoms in total. The van der Waals surface area contributed by atoms with Gasteiger partial charge in [0.1, 0.15) is 0 Å². The molecule has 0 amide bonds. The average molecular weight is 240 g/mol. The van der Waals surface area contributed by atoms with Crippen molar-refractivity contribution in [3.8, 4) is 0 Å². The van der Waals surface area contributed by atoms with E-state index >= 15 is 0 Å². The number of aromatic nitrogens is 2. The van der Waals surface area contributed by atoms with Gasteiger partial charge >= 0.3 is 0 Å². The highest BCUT2D eigenvalue weighted by molar-refractivity contribution is 7.80. The van der Waals surface area contributed by atoms with E-state index in [1.54, 1.807) is 0 Å². The van der Waals surface area contributed by atoms with Crippen LogP contribution in [0, 0.1) is 13.8 Å². The van der Waals surface area contributed by atoms with Crippen molar-refractivity contribution in [1.82, 2.24) is 9.97 Å². The molecule has 0 aliphatic heterocycles. The van der Waals surface area contributed by atoms with E-state index in [0.29, 0.717) is 0 Å². The quantitative estimate of drug-likeness (QED) is 0.479. The number of aryl methyl sites for hydroxylation is 2. The van der Waals surface area contributed by atoms with E-state index in [0.717, 1.165) is 38.1 Å². The zero-order valence-corrected chi connectivity index (χ0v) is 10.6. The topological polar surface area (TPSA) is 25.8 Å². The normalized spacial score (nSPS) is 11.2. The third-order valence-electron chi connectivity index (χ3n) is 2.89. The van der Waals surface area contributed by atoms with Gasteiger partial charge < -0.3 is 0 Å². The largest absolute Gasteiger partial charge is 0.251 e. The van der Waals surface area contributed by atoms with Gasteiger partial charge in [-0.2, -0.15) is 0 Å². The zero-order valence-electron chi connectivity index (χ0n) is 9.73. The molecule has 0 saturated heterocycles. The van der Waals surface area contributed by atoms with E-state index in [4.69, 9.17) is 0 Å². The van der Waals surface area contributed by atoms with Crippen molar-refractivity contribution in [3.63, 3.8) is 0 Å². The summed E-state index contributed by atoms with van der Waals surface area (Å²) in [5.74, 6) is 0. The molecule has 84 valence electrons. The number of rotatable bonds is 0. The summed E-state index contributed by atoms with van der Waals surface area (Å²) < 4.78 is 0. The lowest BCUT2D eigenvalue weighted by molar-refractivity contribution is 1.22. The van der Waals surface area contributed by atoms with Crippen LogP contribution in [0.1, 0.15) is 11.4 Å². The van der Waals surface area contributed by atoms with E-state index < -0.39 is 0 Å². The van der Waals surface area contributed by atoms with Crippen molar-refractivity contribution in [2.75, 3.05) is 0 Å². The first kappa shape index (κ1) is 10.5. The standard InChI is InChI=1S/C14H12N2S/c1-8-3-5-10-7-12(17)11-6-4-9(2)16-14(11)13(10)15-8/h3-7,17H,1-2H3. The van der Waals surface area contributed by atoms with E-state index in [-0.39, 0.29) is 0 Å². The Morgan fingerprint density at radius 2 is 1.53 bits per heavy atom. The summed E-state index contributed by atoms with van der Waals surface area (Å²) in [4.78, 5) is 10.1. The van der Waals surface area contributed by atoms with Gasteiger partial charge in [-0.25, -0.2) is 0 Å². The first-order chi connectivity index (χ1) is 8.15. The molecule has 0 aliphatic rings. The number of thiol groups is 1. The van der Waals surface area contributed by atoms with E-state index in [9.17, 15) is 0 Å². The number of hydrogen-bond acceptors (Lipinski definition) is 3. The molecule has 0 N–H and O–H groups in total. The van der Waals surface area contributed by atoms with Crippen molar-refractivity contribution in [1.29, 1.82) is 0 Å². The van der Waals surface area contributed by atoms with Crippen LogP contribution in [-0.2, 0) is 0 Å². The molecule has 0 radical (unpaired) electrons. The molecule has 1 aromatic carbocycles. The molecule has 0 unspecified atom stereocenters. The maximum atomic E-state index is 4.59. The van der Waals surface area contributed by atoms with Gasteiger partial charge in [-0.3, -0.25) is 9.97 Å². The van der Waals surface area contributed by atoms with Crippen molar-refractivity contribution >= 4 is 34.4 Å². The lowest BCUT2D eigenvalue weighted by Crippen LogP contribution is -1.90. The summed E-state index contributed by atoms with van der Waals surface area (Å²) in [6, 6.07) is 10.2. The highest BCUT2D eigenvalue weighted by Crippen LogP contribution is 2.28. The van der Waals surface area contributed by atoms with E-state index in [1.807, 2.05) is 32.0 Å². The van der Waals surface area contributed by atoms with Gasteiger partial charge in [-0.05, 0) is 38.1 Å². The Balaban J connectivity index is 2.59. The van der Waals surface area contributed by atoms with E-state index in [2.05, 4.69) is 34.7 Å². The summed E-state index contributed by atoms with van der Waals surface area (Å²) in [6.45, 7) is 3.99. The maximum Gasteiger partial charge on any atom is 0.0979 e. The van der Waals surface area contributed by atoms with Crippen LogP contribution in [-0.4, -0.2) is 9.97 Å². The van der Waals surface area contributed by atoms with Gasteiger partial charge in [0.15, 0.2) is 0 Å². The van der Waals surface area contributed by atoms with Gasteiger partial charge in [0.05, 0.1) is 11.0 Å². The summed E-state index contributed by atoms with van der Waals surface area (Å²) in [6.07, 6.45) is 0. The first-order valence-electron chi connectivity index (χ1n) is 5.52. The van der Waals surface area contributed by atoms with E-state index in [1.165, 1.54) is 0 Å². The fourth-order valence-corrected chi connectivity index (χ4v) is 2.36. The number of pyridine rings is 2. The summed E-state index contributed by atoms with van der Waals surface area (Å²) in [7, 11) is 0. The zero-order chi connectivity index (χ0) is 12.0. The van der Waals surface area contributed by atoms with Crippen molar-refractivity contribution in [2.45, 2.75) is 18.7 Å². The molecule has 2 aromatic heterocycles. The molecular formula is C14H12N2S. The Hall–Kier alpha value is -1.61. The third-order valence-corrected chi connectivity index (χ3v) is 3.26. The second-order valence-electron chi connectivity index (χ2n) is 4.27. The highest BCUT2D eigenvalue weighted by Gasteiger charge is 2.07. The Labute approximate surface area is 105 Å². The number of benzene rings is 1. The highest BCUT2D eigenvalue weighted by atomic mass is 32.1. The predicted molar refractivity (Wildman–Crippen MR) is 73.8 cm³/mol. The maximum absolute atomic E-state index is 4.59. The molecule has 0 fully saturated rings. The van der Waals surface area contributed by atoms with Gasteiger partial charge in [-0.1, -0.05) is 6.07 Å². The molecule has 2 heterocycles. The van der Waals surface area contributed by atoms with Crippen molar-refractivity contribution < 1.29 is 0 Å². The third kappa shape index (κ3) is 1.67. The van der Waals surface area contributed by atoms with Crippen LogP contribution >= 0.6 is 12.6 Å². The van der Waals surface area contributed by atoms with Crippen molar-refractivity contribution in [3.05, 3.63) is 41.7 Å². The van der Waals surface area contributed by atoms with Crippen LogP contribution in [0.5, 0.6) is 0 Å². The second-order valence-corrected chi connectivity index (χ2v) is 4.75. The fourth-order valence-electron chi connectivity index (χ4n) is 2.04. The smallest absolute Gasteiger partial charge is 0.0979 e. The summed E-state index contributed by atoms with van der Waals surface area (Å²) in [5, 5.41) is 2.15. The Kier molecular flexibility index (Phi) is 2.30. The minimum atomic E-state index is 0.941. The van der Waals surface area contributed by atoms with Gasteiger partial charge in [-0.15, -0.1) is 12.6 Å². The molecule has 17 heavy (non-hydrogen) atoms. The molecule has 3 aromatic rings. The fraction of sp³-hybridized carbons (Fsp3) is 0.143. The first-order valence-corrected chi connectivity index (χ1v) is 5.96. The molecule has 0 spiro atoms. The molecule has 3 rings (SSSR count). The molecule has 3 heteroatoms. The summed E-state index contributed by atoms with van der Waals surface area (Å²) >= 11 is 4.52. The van der Waals surface area contributed by atoms with Crippen LogP contribution in [0.15, 0.2) is 35.2 Å². The van der Waals surface area contributed by atoms with Gasteiger partial charge in [0.25, 0.3) is 0 Å². The Morgan fingerprint density at radius 1 is 0.882 bits per heavy atom. The minimum Gasteiger partial charge on any atom is -0.251 e. The SMILES string of the molecule is Cc1ccc2cc(S)c3ccc(C)nc3c2n1. The van der Waals surface area contributed by atoms with Gasteiger partial charge in [0.2, 0.25) is 0 Å². The number of fused-ring (bicyclic) bond motifs is 3. The molecular weight excluding hydrogens is 228 g/mol. The van der Waals surface area contributed by atoms with Gasteiger partial charge in [0, 0.05) is 27.1 Å². The lowest BCUT2D eigenvalue weighted by atomic mass is 10.1. The molecule has 0 atom stereocenters. The lowest BCUT2D eigenvalue weighted by Gasteiger charge is -2.07. The molecule has 0 bridgehead atoms. The van der Waals surface area contributed by atoms with Crippen LogP contribution in [0.2, 0.25) is 0 Å². The van der Waals surface area contributed by atoms with Crippen LogP contribution < -0.4 is 0 Å².